The lowest BCUT2D eigenvalue weighted by atomic mass is 9.93. The molecule has 5 rings (SSSR count). The van der Waals surface area contributed by atoms with Crippen LogP contribution in [0.4, 0.5) is 5.82 Å². The van der Waals surface area contributed by atoms with Crippen molar-refractivity contribution in [2.45, 2.75) is 84.4 Å². The Morgan fingerprint density at radius 3 is 2.62 bits per heavy atom. The number of aromatic nitrogens is 6. The monoisotopic (exact) mass is 606 g/mol. The fourth-order valence-corrected chi connectivity index (χ4v) is 7.44. The summed E-state index contributed by atoms with van der Waals surface area (Å²) in [4.78, 5) is 17.6. The Balaban J connectivity index is 1.39. The van der Waals surface area contributed by atoms with E-state index >= 15 is 0 Å². The first-order valence-corrected chi connectivity index (χ1v) is 19.6. The predicted molar refractivity (Wildman–Crippen MR) is 174 cm³/mol. The van der Waals surface area contributed by atoms with Gasteiger partial charge in [-0.25, -0.2) is 9.67 Å². The van der Waals surface area contributed by atoms with Crippen LogP contribution in [0.3, 0.4) is 0 Å². The lowest BCUT2D eigenvalue weighted by Gasteiger charge is -2.28. The highest BCUT2D eigenvalue weighted by atomic mass is 32.1. The maximum Gasteiger partial charge on any atom is 0.211 e. The first kappa shape index (κ1) is 30.7. The van der Waals surface area contributed by atoms with Crippen molar-refractivity contribution in [1.29, 1.82) is 0 Å². The molecule has 0 amide bonds. The van der Waals surface area contributed by atoms with Crippen molar-refractivity contribution in [2.75, 3.05) is 27.2 Å². The molecule has 0 aliphatic heterocycles. The van der Waals surface area contributed by atoms with Gasteiger partial charge in [0.15, 0.2) is 5.82 Å². The van der Waals surface area contributed by atoms with Gasteiger partial charge in [-0.3, -0.25) is 9.67 Å². The molecular weight excluding hydrogens is 561 g/mol. The molecule has 0 saturated heterocycles. The van der Waals surface area contributed by atoms with Gasteiger partial charge < -0.3 is 9.64 Å². The Kier molecular flexibility index (Phi) is 9.41. The van der Waals surface area contributed by atoms with Gasteiger partial charge in [0.05, 0.1) is 17.2 Å². The maximum absolute atomic E-state index is 6.08. The number of ether oxygens (including phenoxy) is 1. The smallest absolute Gasteiger partial charge is 0.211 e. The summed E-state index contributed by atoms with van der Waals surface area (Å²) in [7, 11) is 3.06. The minimum Gasteiger partial charge on any atom is -0.359 e. The second-order valence-corrected chi connectivity index (χ2v) is 20.5. The Morgan fingerprint density at radius 2 is 1.88 bits per heavy atom. The average Bonchev–Trinajstić information content (AvgIpc) is 3.66. The Labute approximate surface area is 254 Å². The predicted octanol–water partition coefficient (Wildman–Crippen LogP) is 6.54. The topological polar surface area (TPSA) is 86.2 Å². The molecule has 1 saturated carbocycles. The molecule has 4 aromatic heterocycles. The van der Waals surface area contributed by atoms with Crippen LogP contribution in [0.25, 0.3) is 22.2 Å². The first-order valence-electron chi connectivity index (χ1n) is 15.1. The zero-order chi connectivity index (χ0) is 29.9. The summed E-state index contributed by atoms with van der Waals surface area (Å²) in [5.74, 6) is 1.18. The lowest BCUT2D eigenvalue weighted by Crippen LogP contribution is -2.32. The summed E-state index contributed by atoms with van der Waals surface area (Å²) >= 11 is 1.68. The summed E-state index contributed by atoms with van der Waals surface area (Å²) in [5.41, 5.74) is 3.79. The van der Waals surface area contributed by atoms with Crippen LogP contribution in [0, 0.1) is 5.41 Å². The molecule has 4 heterocycles. The normalized spacial score (nSPS) is 15.5. The van der Waals surface area contributed by atoms with Crippen molar-refractivity contribution < 1.29 is 4.74 Å². The van der Waals surface area contributed by atoms with Gasteiger partial charge in [-0.2, -0.15) is 15.2 Å². The van der Waals surface area contributed by atoms with E-state index < -0.39 is 8.07 Å². The van der Waals surface area contributed by atoms with Crippen molar-refractivity contribution in [3.63, 3.8) is 0 Å². The molecule has 11 heteroatoms. The van der Waals surface area contributed by atoms with Crippen molar-refractivity contribution in [3.05, 3.63) is 46.6 Å². The molecule has 1 aliphatic carbocycles. The van der Waals surface area contributed by atoms with E-state index in [9.17, 15) is 0 Å². The number of pyridine rings is 2. The van der Waals surface area contributed by atoms with E-state index in [1.165, 1.54) is 25.7 Å². The third kappa shape index (κ3) is 8.21. The summed E-state index contributed by atoms with van der Waals surface area (Å²) in [5, 5.41) is 10.8. The van der Waals surface area contributed by atoms with Crippen LogP contribution in [0.2, 0.25) is 25.7 Å². The molecule has 42 heavy (non-hydrogen) atoms. The molecule has 0 atom stereocenters. The van der Waals surface area contributed by atoms with E-state index in [1.54, 1.807) is 11.3 Å². The summed E-state index contributed by atoms with van der Waals surface area (Å²) < 4.78 is 10.0. The van der Waals surface area contributed by atoms with Gasteiger partial charge in [-0.15, -0.1) is 0 Å². The second-order valence-electron chi connectivity index (χ2n) is 13.9. The fourth-order valence-electron chi connectivity index (χ4n) is 5.62. The van der Waals surface area contributed by atoms with Crippen molar-refractivity contribution in [3.8, 4) is 11.1 Å². The third-order valence-electron chi connectivity index (χ3n) is 7.58. The minimum atomic E-state index is -1.16. The number of fused-ring (bicyclic) bond motifs is 1. The molecule has 1 fully saturated rings. The molecule has 0 aromatic carbocycles. The van der Waals surface area contributed by atoms with Crippen LogP contribution in [0.15, 0.2) is 41.8 Å². The SMILES string of the molecule is CN(C)CC(C)(C)Cn1cc(-c2cnc3ccc(N=c4sc(C5CCCC5)nn4COCC[Si](C)(C)C)nc3c2)cn1. The van der Waals surface area contributed by atoms with Gasteiger partial charge in [0, 0.05) is 57.2 Å². The van der Waals surface area contributed by atoms with E-state index in [0.717, 1.165) is 57.7 Å². The largest absolute Gasteiger partial charge is 0.359 e. The first-order chi connectivity index (χ1) is 19.9. The van der Waals surface area contributed by atoms with Gasteiger partial charge in [0.25, 0.3) is 0 Å². The molecule has 9 nitrogen and oxygen atoms in total. The van der Waals surface area contributed by atoms with Crippen LogP contribution >= 0.6 is 11.3 Å². The van der Waals surface area contributed by atoms with E-state index in [4.69, 9.17) is 24.8 Å². The fraction of sp³-hybridized carbons (Fsp3) is 0.581. The van der Waals surface area contributed by atoms with Gasteiger partial charge in [-0.1, -0.05) is 57.7 Å². The maximum atomic E-state index is 6.08. The zero-order valence-corrected chi connectivity index (χ0v) is 28.1. The van der Waals surface area contributed by atoms with Crippen molar-refractivity contribution in [1.82, 2.24) is 34.4 Å². The van der Waals surface area contributed by atoms with Crippen LogP contribution in [-0.2, 0) is 18.0 Å². The van der Waals surface area contributed by atoms with Gasteiger partial charge >= 0.3 is 0 Å². The highest BCUT2D eigenvalue weighted by molar-refractivity contribution is 7.08. The van der Waals surface area contributed by atoms with Gasteiger partial charge in [-0.05, 0) is 56.6 Å². The van der Waals surface area contributed by atoms with Crippen molar-refractivity contribution in [2.24, 2.45) is 10.4 Å². The Morgan fingerprint density at radius 1 is 1.10 bits per heavy atom. The van der Waals surface area contributed by atoms with Crippen LogP contribution in [0.1, 0.15) is 50.5 Å². The van der Waals surface area contributed by atoms with E-state index in [2.05, 4.69) is 69.8 Å². The lowest BCUT2D eigenvalue weighted by molar-refractivity contribution is 0.0757. The number of hydrogen-bond acceptors (Lipinski definition) is 8. The molecule has 0 N–H and O–H groups in total. The molecule has 226 valence electrons. The number of rotatable bonds is 12. The molecule has 0 bridgehead atoms. The standard InChI is InChI=1S/C31H46N8OSSi/c1-31(2,20-37(3)4)21-38-19-25(18-33-38)24-16-27-26(32-17-24)12-13-28(34-27)35-30-39(22-40-14-15-42(5,6)7)36-29(41-30)23-10-8-9-11-23/h12-13,16-19,23H,8-11,14-15,20-22H2,1-7H3. The number of nitrogens with zero attached hydrogens (tertiary/aromatic N) is 8. The quantitative estimate of drug-likeness (QED) is 0.134. The molecule has 0 unspecified atom stereocenters. The second kappa shape index (κ2) is 12.9. The molecule has 4 aromatic rings. The summed E-state index contributed by atoms with van der Waals surface area (Å²) in [6, 6.07) is 7.14. The average molecular weight is 607 g/mol. The molecular formula is C31H46N8OSSi. The van der Waals surface area contributed by atoms with Gasteiger partial charge in [0.2, 0.25) is 4.80 Å². The van der Waals surface area contributed by atoms with Gasteiger partial charge in [0.1, 0.15) is 11.7 Å². The third-order valence-corrected chi connectivity index (χ3v) is 10.4. The summed E-state index contributed by atoms with van der Waals surface area (Å²) in [6.07, 6.45) is 10.9. The van der Waals surface area contributed by atoms with Crippen LogP contribution in [-0.4, -0.2) is 69.7 Å². The van der Waals surface area contributed by atoms with E-state index in [1.807, 2.05) is 33.9 Å². The van der Waals surface area contributed by atoms with E-state index in [-0.39, 0.29) is 5.41 Å². The zero-order valence-electron chi connectivity index (χ0n) is 26.3. The molecule has 0 spiro atoms. The van der Waals surface area contributed by atoms with Crippen LogP contribution < -0.4 is 4.80 Å². The summed E-state index contributed by atoms with van der Waals surface area (Å²) in [6.45, 7) is 14.7. The Hall–Kier alpha value is -2.73. The molecule has 0 radical (unpaired) electrons. The Bertz CT molecular complexity index is 1560. The minimum absolute atomic E-state index is 0.108. The van der Waals surface area contributed by atoms with Crippen LogP contribution in [0.5, 0.6) is 0 Å². The highest BCUT2D eigenvalue weighted by Crippen LogP contribution is 2.34. The van der Waals surface area contributed by atoms with E-state index in [0.29, 0.717) is 18.5 Å². The number of hydrogen-bond donors (Lipinski definition) is 0. The highest BCUT2D eigenvalue weighted by Gasteiger charge is 2.22. The molecule has 1 aliphatic rings. The van der Waals surface area contributed by atoms with Crippen molar-refractivity contribution >= 4 is 36.3 Å².